The first-order valence-electron chi connectivity index (χ1n) is 10.0. The van der Waals surface area contributed by atoms with Crippen molar-refractivity contribution in [2.45, 2.75) is 74.1 Å². The molecule has 0 heterocycles. The van der Waals surface area contributed by atoms with Gasteiger partial charge in [-0.3, -0.25) is 0 Å². The zero-order chi connectivity index (χ0) is 17.7. The molecule has 0 aromatic rings. The number of hydrogen-bond acceptors (Lipinski definition) is 4. The molecule has 4 nitrogen and oxygen atoms in total. The maximum atomic E-state index is 6.87. The third-order valence-electron chi connectivity index (χ3n) is 4.82. The molecule has 0 fully saturated rings. The summed E-state index contributed by atoms with van der Waals surface area (Å²) in [5.74, 6) is 0. The third kappa shape index (κ3) is 6.41. The summed E-state index contributed by atoms with van der Waals surface area (Å²) in [7, 11) is 0. The molecule has 0 aromatic carbocycles. The molecule has 0 aromatic heterocycles. The predicted molar refractivity (Wildman–Crippen MR) is 98.9 cm³/mol. The van der Waals surface area contributed by atoms with E-state index in [-0.39, 0.29) is 0 Å². The molecule has 0 aliphatic carbocycles. The van der Waals surface area contributed by atoms with Gasteiger partial charge in [0.1, 0.15) is 0 Å². The van der Waals surface area contributed by atoms with Crippen LogP contribution in [0, 0.1) is 0 Å². The summed E-state index contributed by atoms with van der Waals surface area (Å²) in [6.07, 6.45) is 5.11. The Morgan fingerprint density at radius 3 is 1.26 bits per heavy atom. The predicted octanol–water partition coefficient (Wildman–Crippen LogP) is 4.42. The SMILES string of the molecule is CCCCCC[O][Ti]([N](CC)CC)([N](CC)CC)[N](CC)CC. The van der Waals surface area contributed by atoms with Crippen LogP contribution in [0.25, 0.3) is 0 Å². The summed E-state index contributed by atoms with van der Waals surface area (Å²) >= 11 is -2.89. The van der Waals surface area contributed by atoms with Crippen LogP contribution >= 0.6 is 0 Å². The van der Waals surface area contributed by atoms with E-state index in [9.17, 15) is 0 Å². The minimum absolute atomic E-state index is 0.920. The van der Waals surface area contributed by atoms with Crippen LogP contribution in [0.4, 0.5) is 0 Å². The molecule has 0 saturated carbocycles. The van der Waals surface area contributed by atoms with Crippen LogP contribution in [-0.2, 0) is 21.1 Å². The van der Waals surface area contributed by atoms with Crippen LogP contribution in [0.2, 0.25) is 0 Å². The van der Waals surface area contributed by atoms with Crippen molar-refractivity contribution in [3.05, 3.63) is 0 Å². The number of nitrogens with zero attached hydrogens (tertiary/aromatic N) is 3. The van der Waals surface area contributed by atoms with Crippen LogP contribution in [0.1, 0.15) is 74.1 Å². The molecule has 0 amide bonds. The molecule has 0 aliphatic heterocycles. The second kappa shape index (κ2) is 13.8. The van der Waals surface area contributed by atoms with Gasteiger partial charge in [-0.1, -0.05) is 0 Å². The van der Waals surface area contributed by atoms with E-state index in [4.69, 9.17) is 3.32 Å². The molecule has 0 N–H and O–H groups in total. The fourth-order valence-corrected chi connectivity index (χ4v) is 10.8. The minimum atomic E-state index is -2.89. The number of hydrogen-bond donors (Lipinski definition) is 0. The molecule has 0 atom stereocenters. The van der Waals surface area contributed by atoms with E-state index < -0.39 is 17.7 Å². The molecule has 0 bridgehead atoms. The van der Waals surface area contributed by atoms with Crippen molar-refractivity contribution in [1.82, 2.24) is 10.1 Å². The van der Waals surface area contributed by atoms with E-state index in [0.717, 1.165) is 45.9 Å². The van der Waals surface area contributed by atoms with Gasteiger partial charge in [-0.2, -0.15) is 0 Å². The summed E-state index contributed by atoms with van der Waals surface area (Å²) in [4.78, 5) is 0. The normalized spacial score (nSPS) is 12.8. The van der Waals surface area contributed by atoms with Crippen molar-refractivity contribution < 1.29 is 21.1 Å². The van der Waals surface area contributed by atoms with Crippen molar-refractivity contribution in [3.63, 3.8) is 0 Å². The van der Waals surface area contributed by atoms with Gasteiger partial charge < -0.3 is 0 Å². The molecule has 0 rings (SSSR count). The molecule has 0 spiro atoms. The fourth-order valence-electron chi connectivity index (χ4n) is 3.52. The molecule has 140 valence electrons. The van der Waals surface area contributed by atoms with E-state index in [1.165, 1.54) is 25.7 Å². The quantitative estimate of drug-likeness (QED) is 0.316. The Bertz CT molecular complexity index is 236. The Morgan fingerprint density at radius 2 is 0.957 bits per heavy atom. The second-order valence-corrected chi connectivity index (χ2v) is 11.2. The Balaban J connectivity index is 5.45. The molecule has 0 radical (unpaired) electrons. The van der Waals surface area contributed by atoms with E-state index >= 15 is 0 Å². The Kier molecular flexibility index (Phi) is 14.1. The van der Waals surface area contributed by atoms with E-state index in [1.54, 1.807) is 0 Å². The first kappa shape index (κ1) is 23.6. The number of unbranched alkanes of at least 4 members (excludes halogenated alkanes) is 3. The first-order chi connectivity index (χ1) is 11.1. The molecular formula is C18H43N3OTi. The maximum absolute atomic E-state index is 6.87. The van der Waals surface area contributed by atoms with E-state index in [2.05, 4.69) is 58.6 Å². The summed E-state index contributed by atoms with van der Waals surface area (Å²) in [6.45, 7) is 23.4. The van der Waals surface area contributed by atoms with Crippen LogP contribution in [0.5, 0.6) is 0 Å². The van der Waals surface area contributed by atoms with Crippen LogP contribution in [0.3, 0.4) is 0 Å². The molecule has 0 saturated heterocycles. The van der Waals surface area contributed by atoms with E-state index in [1.807, 2.05) is 0 Å². The summed E-state index contributed by atoms with van der Waals surface area (Å²) in [5, 5.41) is 0. The van der Waals surface area contributed by atoms with Crippen molar-refractivity contribution in [1.29, 1.82) is 0 Å². The summed E-state index contributed by atoms with van der Waals surface area (Å²) in [5.41, 5.74) is 0. The van der Waals surface area contributed by atoms with Gasteiger partial charge in [0.05, 0.1) is 0 Å². The van der Waals surface area contributed by atoms with Crippen LogP contribution in [0.15, 0.2) is 0 Å². The van der Waals surface area contributed by atoms with Gasteiger partial charge in [0.15, 0.2) is 0 Å². The zero-order valence-electron chi connectivity index (χ0n) is 17.0. The Hall–Kier alpha value is 0.554. The van der Waals surface area contributed by atoms with Crippen molar-refractivity contribution in [3.8, 4) is 0 Å². The Morgan fingerprint density at radius 1 is 0.565 bits per heavy atom. The third-order valence-corrected chi connectivity index (χ3v) is 12.6. The van der Waals surface area contributed by atoms with Gasteiger partial charge >= 0.3 is 151 Å². The first-order valence-corrected chi connectivity index (χ1v) is 12.7. The standard InChI is InChI=1S/C6H13O.3C4H10N.Ti/c1-2-3-4-5-6-7;3*1-3-5-4-2;/h2-6H2,1H3;3*3-4H2,1-2H3;/q4*-1;+4. The van der Waals surface area contributed by atoms with Gasteiger partial charge in [-0.25, -0.2) is 0 Å². The second-order valence-electron chi connectivity index (χ2n) is 6.00. The van der Waals surface area contributed by atoms with Crippen molar-refractivity contribution >= 4 is 0 Å². The monoisotopic (exact) mass is 365 g/mol. The summed E-state index contributed by atoms with van der Waals surface area (Å²) in [6, 6.07) is 0. The van der Waals surface area contributed by atoms with Crippen molar-refractivity contribution in [2.24, 2.45) is 0 Å². The van der Waals surface area contributed by atoms with Crippen molar-refractivity contribution in [2.75, 3.05) is 45.9 Å². The van der Waals surface area contributed by atoms with Gasteiger partial charge in [-0.15, -0.1) is 0 Å². The fraction of sp³-hybridized carbons (Fsp3) is 1.00. The molecule has 0 aliphatic rings. The topological polar surface area (TPSA) is 19.0 Å². The molecule has 5 heteroatoms. The average molecular weight is 365 g/mol. The van der Waals surface area contributed by atoms with Gasteiger partial charge in [-0.05, 0) is 0 Å². The van der Waals surface area contributed by atoms with E-state index in [0.29, 0.717) is 0 Å². The number of rotatable bonds is 15. The summed E-state index contributed by atoms with van der Waals surface area (Å²) < 4.78 is 14.9. The van der Waals surface area contributed by atoms with Gasteiger partial charge in [0.2, 0.25) is 0 Å². The van der Waals surface area contributed by atoms with Crippen LogP contribution < -0.4 is 0 Å². The van der Waals surface area contributed by atoms with Gasteiger partial charge in [0, 0.05) is 0 Å². The average Bonchev–Trinajstić information content (AvgIpc) is 2.57. The Labute approximate surface area is 151 Å². The zero-order valence-corrected chi connectivity index (χ0v) is 18.6. The van der Waals surface area contributed by atoms with Gasteiger partial charge in [0.25, 0.3) is 0 Å². The molecular weight excluding hydrogens is 322 g/mol. The molecule has 0 unspecified atom stereocenters. The van der Waals surface area contributed by atoms with Crippen LogP contribution in [-0.4, -0.2) is 56.0 Å². The molecule has 23 heavy (non-hydrogen) atoms.